The summed E-state index contributed by atoms with van der Waals surface area (Å²) in [6, 6.07) is 6.79. The molecule has 1 aliphatic carbocycles. The van der Waals surface area contributed by atoms with Gasteiger partial charge in [0.2, 0.25) is 5.91 Å². The Morgan fingerprint density at radius 1 is 1.29 bits per heavy atom. The minimum atomic E-state index is -1.01. The van der Waals surface area contributed by atoms with E-state index in [0.29, 0.717) is 50.7 Å². The first kappa shape index (κ1) is 29.4. The van der Waals surface area contributed by atoms with Gasteiger partial charge in [-0.1, -0.05) is 18.7 Å². The summed E-state index contributed by atoms with van der Waals surface area (Å²) in [5, 5.41) is 16.6. The summed E-state index contributed by atoms with van der Waals surface area (Å²) in [7, 11) is 2.11. The second-order valence-corrected chi connectivity index (χ2v) is 12.4. The third-order valence-corrected chi connectivity index (χ3v) is 10.1. The summed E-state index contributed by atoms with van der Waals surface area (Å²) >= 11 is 0. The van der Waals surface area contributed by atoms with Gasteiger partial charge in [-0.3, -0.25) is 25.1 Å². The van der Waals surface area contributed by atoms with Crippen molar-refractivity contribution >= 4 is 11.7 Å². The molecule has 4 heterocycles. The van der Waals surface area contributed by atoms with Crippen LogP contribution in [0.4, 0.5) is 4.39 Å². The number of rotatable bonds is 6. The van der Waals surface area contributed by atoms with Gasteiger partial charge in [-0.15, -0.1) is 0 Å². The van der Waals surface area contributed by atoms with Gasteiger partial charge < -0.3 is 19.3 Å². The fourth-order valence-electron chi connectivity index (χ4n) is 7.70. The minimum absolute atomic E-state index is 0.0132. The van der Waals surface area contributed by atoms with Gasteiger partial charge in [-0.25, -0.2) is 4.39 Å². The first-order valence-electron chi connectivity index (χ1n) is 15.2. The highest BCUT2D eigenvalue weighted by molar-refractivity contribution is 5.94. The van der Waals surface area contributed by atoms with E-state index in [1.165, 1.54) is 12.1 Å². The zero-order valence-electron chi connectivity index (χ0n) is 24.3. The molecule has 1 amide bonds. The van der Waals surface area contributed by atoms with Crippen LogP contribution in [0.3, 0.4) is 0 Å². The van der Waals surface area contributed by atoms with E-state index >= 15 is 0 Å². The number of hydrogen-bond acceptors (Lipinski definition) is 9. The first-order chi connectivity index (χ1) is 20.3. The normalized spacial score (nSPS) is 35.5. The van der Waals surface area contributed by atoms with Crippen molar-refractivity contribution in [3.05, 3.63) is 47.8 Å². The smallest absolute Gasteiger partial charge is 0.246 e. The molecule has 5 aliphatic rings. The zero-order chi connectivity index (χ0) is 29.4. The maximum absolute atomic E-state index is 14.5. The van der Waals surface area contributed by atoms with E-state index in [1.54, 1.807) is 11.0 Å². The molecule has 2 N–H and O–H groups in total. The number of likely N-dealkylation sites (tertiary alicyclic amines) is 1. The van der Waals surface area contributed by atoms with Gasteiger partial charge in [0, 0.05) is 43.6 Å². The predicted octanol–water partition coefficient (Wildman–Crippen LogP) is 1.51. The van der Waals surface area contributed by atoms with Crippen molar-refractivity contribution < 1.29 is 23.5 Å². The topological polar surface area (TPSA) is 110 Å². The number of ketones is 1. The van der Waals surface area contributed by atoms with Crippen molar-refractivity contribution in [2.75, 3.05) is 39.8 Å². The number of carbonyl (C=O) groups is 2. The predicted molar refractivity (Wildman–Crippen MR) is 152 cm³/mol. The van der Waals surface area contributed by atoms with Gasteiger partial charge in [0.25, 0.3) is 0 Å². The van der Waals surface area contributed by atoms with Crippen LogP contribution in [0.15, 0.2) is 30.9 Å². The van der Waals surface area contributed by atoms with Crippen molar-refractivity contribution in [1.29, 1.82) is 5.26 Å². The third-order valence-electron chi connectivity index (χ3n) is 10.1. The summed E-state index contributed by atoms with van der Waals surface area (Å²) in [5.74, 6) is -0.552. The van der Waals surface area contributed by atoms with Crippen LogP contribution in [0.25, 0.3) is 0 Å². The van der Waals surface area contributed by atoms with Crippen LogP contribution in [-0.4, -0.2) is 102 Å². The molecule has 4 fully saturated rings. The molecule has 1 aromatic carbocycles. The Bertz CT molecular complexity index is 1260. The molecule has 0 radical (unpaired) electrons. The number of nitrogens with one attached hydrogen (secondary N) is 2. The largest absolute Gasteiger partial charge is 0.362 e. The number of piperazine rings is 1. The average molecular weight is 581 g/mol. The fourth-order valence-corrected chi connectivity index (χ4v) is 7.70. The summed E-state index contributed by atoms with van der Waals surface area (Å²) < 4.78 is 27.1. The van der Waals surface area contributed by atoms with Crippen LogP contribution >= 0.6 is 0 Å². The molecule has 1 spiro atoms. The maximum Gasteiger partial charge on any atom is 0.246 e. The average Bonchev–Trinajstić information content (AvgIpc) is 3.42. The highest BCUT2D eigenvalue weighted by atomic mass is 19.1. The number of fused-ring (bicyclic) bond motifs is 2. The lowest BCUT2D eigenvalue weighted by Gasteiger charge is -2.55. The van der Waals surface area contributed by atoms with Crippen LogP contribution in [0, 0.1) is 23.1 Å². The summed E-state index contributed by atoms with van der Waals surface area (Å²) in [6.07, 6.45) is 4.59. The first-order valence-corrected chi connectivity index (χ1v) is 15.2. The Labute approximate surface area is 246 Å². The van der Waals surface area contributed by atoms with Crippen molar-refractivity contribution in [1.82, 2.24) is 25.3 Å². The van der Waals surface area contributed by atoms with Gasteiger partial charge in [0.15, 0.2) is 12.1 Å². The van der Waals surface area contributed by atoms with Crippen molar-refractivity contribution in [3.63, 3.8) is 0 Å². The van der Waals surface area contributed by atoms with E-state index in [-0.39, 0.29) is 48.7 Å². The minimum Gasteiger partial charge on any atom is -0.362 e. The molecule has 1 saturated carbocycles. The standard InChI is InChI=1S/C31H41FN6O4/c1-3-26(39)38-15-14-37(17-21(38)10-12-33)29-23-9-11-31(16-20-6-4-8-25(32)24(20)19-42-31)28(40)27(23)34-30(35-29)41-18-22-7-5-13-36(22)2/h3-4,6,8,21-23,27,29-30,34-35H,1,5,7,9-11,13-19H2,2H3/t21?,22?,23?,27?,29?,30?,31-/m0/s1. The zero-order valence-corrected chi connectivity index (χ0v) is 24.3. The quantitative estimate of drug-likeness (QED) is 0.484. The van der Waals surface area contributed by atoms with E-state index in [1.807, 2.05) is 6.07 Å². The van der Waals surface area contributed by atoms with E-state index in [9.17, 15) is 19.2 Å². The number of Topliss-reactive ketones (excluding diaryl/α,β-unsaturated/α-hetero) is 1. The van der Waals surface area contributed by atoms with Crippen molar-refractivity contribution in [2.24, 2.45) is 5.92 Å². The van der Waals surface area contributed by atoms with Gasteiger partial charge in [-0.05, 0) is 57.0 Å². The van der Waals surface area contributed by atoms with Gasteiger partial charge in [0.1, 0.15) is 11.4 Å². The second-order valence-electron chi connectivity index (χ2n) is 12.4. The Balaban J connectivity index is 1.24. The SMILES string of the molecule is C=CC(=O)N1CCN(C2NC(OCC3CCCN3C)NC3C(=O)[C@]4(CCC32)Cc2cccc(F)c2CO4)CC1CC#N. The van der Waals surface area contributed by atoms with Crippen molar-refractivity contribution in [3.8, 4) is 6.07 Å². The Morgan fingerprint density at radius 3 is 2.90 bits per heavy atom. The maximum atomic E-state index is 14.5. The Morgan fingerprint density at radius 2 is 2.14 bits per heavy atom. The number of amides is 1. The molecule has 10 nitrogen and oxygen atoms in total. The molecule has 4 aliphatic heterocycles. The molecule has 11 heteroatoms. The van der Waals surface area contributed by atoms with Crippen molar-refractivity contribution in [2.45, 2.75) is 81.4 Å². The van der Waals surface area contributed by atoms with Gasteiger partial charge in [0.05, 0.1) is 44.0 Å². The lowest BCUT2D eigenvalue weighted by Crippen LogP contribution is -2.75. The van der Waals surface area contributed by atoms with E-state index in [4.69, 9.17) is 9.47 Å². The Hall–Kier alpha value is -2.72. The summed E-state index contributed by atoms with van der Waals surface area (Å²) in [4.78, 5) is 33.2. The highest BCUT2D eigenvalue weighted by Gasteiger charge is 2.56. The molecule has 7 atom stereocenters. The molecule has 0 bridgehead atoms. The van der Waals surface area contributed by atoms with Crippen LogP contribution in [0.2, 0.25) is 0 Å². The van der Waals surface area contributed by atoms with Crippen LogP contribution in [-0.2, 0) is 32.1 Å². The molecular formula is C31H41FN6O4. The fraction of sp³-hybridized carbons (Fsp3) is 0.645. The van der Waals surface area contributed by atoms with E-state index in [2.05, 4.69) is 40.1 Å². The van der Waals surface area contributed by atoms with Crippen LogP contribution in [0.5, 0.6) is 0 Å². The molecule has 1 aromatic rings. The van der Waals surface area contributed by atoms with E-state index in [0.717, 1.165) is 31.4 Å². The highest BCUT2D eigenvalue weighted by Crippen LogP contribution is 2.42. The molecular weight excluding hydrogens is 539 g/mol. The molecule has 42 heavy (non-hydrogen) atoms. The number of ether oxygens (including phenoxy) is 2. The molecule has 6 rings (SSSR count). The molecule has 226 valence electrons. The van der Waals surface area contributed by atoms with E-state index < -0.39 is 18.0 Å². The summed E-state index contributed by atoms with van der Waals surface area (Å²) in [5.41, 5.74) is 0.357. The third kappa shape index (κ3) is 5.41. The number of halogens is 1. The number of nitrogens with zero attached hydrogens (tertiary/aromatic N) is 4. The summed E-state index contributed by atoms with van der Waals surface area (Å²) in [6.45, 7) is 6.87. The number of likely N-dealkylation sites (N-methyl/N-ethyl adjacent to an activating group) is 1. The molecule has 3 saturated heterocycles. The number of benzene rings is 1. The molecule has 6 unspecified atom stereocenters. The Kier molecular flexibility index (Phi) is 8.46. The monoisotopic (exact) mass is 580 g/mol. The molecule has 0 aromatic heterocycles. The second kappa shape index (κ2) is 12.1. The van der Waals surface area contributed by atoms with Gasteiger partial charge in [-0.2, -0.15) is 5.26 Å². The van der Waals surface area contributed by atoms with Crippen LogP contribution < -0.4 is 10.6 Å². The number of hydrogen-bond donors (Lipinski definition) is 2. The number of carbonyl (C=O) groups excluding carboxylic acids is 2. The van der Waals surface area contributed by atoms with Crippen LogP contribution in [0.1, 0.15) is 43.2 Å². The van der Waals surface area contributed by atoms with Gasteiger partial charge >= 0.3 is 0 Å². The lowest BCUT2D eigenvalue weighted by molar-refractivity contribution is -0.174. The lowest BCUT2D eigenvalue weighted by atomic mass is 9.68. The number of nitriles is 1.